The smallest absolute Gasteiger partial charge is 0.252 e. The van der Waals surface area contributed by atoms with Gasteiger partial charge in [0.1, 0.15) is 11.6 Å². The lowest BCUT2D eigenvalue weighted by molar-refractivity contribution is 0.0912. The van der Waals surface area contributed by atoms with Gasteiger partial charge in [-0.15, -0.1) is 22.7 Å². The zero-order valence-electron chi connectivity index (χ0n) is 11.1. The van der Waals surface area contributed by atoms with Crippen molar-refractivity contribution in [1.82, 2.24) is 10.3 Å². The van der Waals surface area contributed by atoms with Gasteiger partial charge in [0, 0.05) is 17.0 Å². The molecule has 2 heterocycles. The number of amides is 1. The van der Waals surface area contributed by atoms with E-state index in [1.54, 1.807) is 17.6 Å². The summed E-state index contributed by atoms with van der Waals surface area (Å²) in [6, 6.07) is 1.72. The number of nitrogens with one attached hydrogen (secondary N) is 1. The van der Waals surface area contributed by atoms with Crippen LogP contribution in [-0.2, 0) is 5.54 Å². The fraction of sp³-hybridized carbons (Fsp3) is 0.286. The van der Waals surface area contributed by atoms with Gasteiger partial charge in [-0.1, -0.05) is 11.8 Å². The van der Waals surface area contributed by atoms with Crippen molar-refractivity contribution >= 4 is 28.6 Å². The second-order valence-corrected chi connectivity index (χ2v) is 6.38. The lowest BCUT2D eigenvalue weighted by Gasteiger charge is -2.23. The van der Waals surface area contributed by atoms with Crippen molar-refractivity contribution in [2.75, 3.05) is 6.61 Å². The molecule has 0 saturated heterocycles. The first-order valence-corrected chi connectivity index (χ1v) is 7.69. The van der Waals surface area contributed by atoms with Crippen LogP contribution >= 0.6 is 22.7 Å². The Hall–Kier alpha value is -1.68. The molecule has 104 valence electrons. The molecule has 0 spiro atoms. The minimum Gasteiger partial charge on any atom is -0.384 e. The number of aliphatic hydroxyl groups is 1. The largest absolute Gasteiger partial charge is 0.384 e. The highest BCUT2D eigenvalue weighted by Gasteiger charge is 2.26. The maximum Gasteiger partial charge on any atom is 0.252 e. The molecule has 4 nitrogen and oxygen atoms in total. The molecule has 20 heavy (non-hydrogen) atoms. The first-order chi connectivity index (χ1) is 9.53. The number of nitrogens with zero attached hydrogens (tertiary/aromatic N) is 1. The summed E-state index contributed by atoms with van der Waals surface area (Å²) in [4.78, 5) is 17.2. The van der Waals surface area contributed by atoms with E-state index in [0.717, 1.165) is 9.88 Å². The quantitative estimate of drug-likeness (QED) is 0.855. The molecule has 0 unspecified atom stereocenters. The van der Waals surface area contributed by atoms with Crippen LogP contribution in [0.2, 0.25) is 0 Å². The van der Waals surface area contributed by atoms with Crippen LogP contribution in [0.25, 0.3) is 0 Å². The molecule has 0 fully saturated rings. The van der Waals surface area contributed by atoms with Crippen molar-refractivity contribution in [3.63, 3.8) is 0 Å². The van der Waals surface area contributed by atoms with Gasteiger partial charge in [0.05, 0.1) is 16.0 Å². The van der Waals surface area contributed by atoms with E-state index in [9.17, 15) is 4.79 Å². The van der Waals surface area contributed by atoms with Crippen LogP contribution in [0.15, 0.2) is 23.0 Å². The third kappa shape index (κ3) is 3.45. The number of rotatable bonds is 3. The molecule has 2 aromatic heterocycles. The second-order valence-electron chi connectivity index (χ2n) is 4.58. The van der Waals surface area contributed by atoms with Crippen LogP contribution in [-0.4, -0.2) is 22.6 Å². The molecule has 0 aliphatic heterocycles. The number of thiazole rings is 1. The van der Waals surface area contributed by atoms with Crippen molar-refractivity contribution in [3.8, 4) is 11.8 Å². The maximum atomic E-state index is 12.2. The van der Waals surface area contributed by atoms with Gasteiger partial charge in [-0.2, -0.15) is 0 Å². The van der Waals surface area contributed by atoms with Gasteiger partial charge < -0.3 is 10.4 Å². The zero-order valence-corrected chi connectivity index (χ0v) is 12.8. The van der Waals surface area contributed by atoms with Crippen LogP contribution in [0.5, 0.6) is 0 Å². The predicted molar refractivity (Wildman–Crippen MR) is 80.9 cm³/mol. The molecule has 2 aromatic rings. The van der Waals surface area contributed by atoms with Crippen LogP contribution in [0.1, 0.15) is 34.1 Å². The monoisotopic (exact) mass is 306 g/mol. The van der Waals surface area contributed by atoms with E-state index >= 15 is 0 Å². The van der Waals surface area contributed by atoms with Crippen LogP contribution < -0.4 is 5.32 Å². The van der Waals surface area contributed by atoms with Crippen molar-refractivity contribution in [2.24, 2.45) is 0 Å². The molecule has 0 aromatic carbocycles. The van der Waals surface area contributed by atoms with Gasteiger partial charge in [0.2, 0.25) is 0 Å². The molecule has 0 aliphatic rings. The first kappa shape index (κ1) is 14.7. The van der Waals surface area contributed by atoms with Gasteiger partial charge >= 0.3 is 0 Å². The van der Waals surface area contributed by atoms with E-state index in [2.05, 4.69) is 22.1 Å². The number of carbonyl (C=O) groups is 1. The van der Waals surface area contributed by atoms with Crippen LogP contribution in [0.3, 0.4) is 0 Å². The van der Waals surface area contributed by atoms with Crippen LogP contribution in [0, 0.1) is 11.8 Å². The number of thiophene rings is 1. The second kappa shape index (κ2) is 6.18. The Morgan fingerprint density at radius 3 is 2.95 bits per heavy atom. The lowest BCUT2D eigenvalue weighted by atomic mass is 10.1. The lowest BCUT2D eigenvalue weighted by Crippen LogP contribution is -2.40. The minimum atomic E-state index is -0.510. The third-order valence-electron chi connectivity index (χ3n) is 2.55. The van der Waals surface area contributed by atoms with Gasteiger partial charge in [-0.25, -0.2) is 4.98 Å². The molecule has 2 N–H and O–H groups in total. The highest BCUT2D eigenvalue weighted by atomic mass is 32.1. The summed E-state index contributed by atoms with van der Waals surface area (Å²) < 4.78 is 0. The van der Waals surface area contributed by atoms with Crippen molar-refractivity contribution in [1.29, 1.82) is 0 Å². The average molecular weight is 306 g/mol. The van der Waals surface area contributed by atoms with Gasteiger partial charge in [-0.3, -0.25) is 4.79 Å². The Kier molecular flexibility index (Phi) is 4.55. The molecule has 0 radical (unpaired) electrons. The zero-order chi connectivity index (χ0) is 14.6. The van der Waals surface area contributed by atoms with Crippen molar-refractivity contribution < 1.29 is 9.90 Å². The minimum absolute atomic E-state index is 0.154. The molecular weight excluding hydrogens is 292 g/mol. The number of aromatic nitrogens is 1. The van der Waals surface area contributed by atoms with E-state index in [1.807, 2.05) is 19.2 Å². The molecule has 0 saturated carbocycles. The normalized spacial score (nSPS) is 10.8. The molecule has 1 amide bonds. The van der Waals surface area contributed by atoms with Gasteiger partial charge in [0.15, 0.2) is 0 Å². The number of carbonyl (C=O) groups excluding carboxylic acids is 1. The molecular formula is C14H14N2O2S2. The number of aliphatic hydroxyl groups excluding tert-OH is 1. The Balaban J connectivity index is 2.10. The summed E-state index contributed by atoms with van der Waals surface area (Å²) >= 11 is 2.89. The molecule has 2 rings (SSSR count). The molecule has 0 bridgehead atoms. The summed E-state index contributed by atoms with van der Waals surface area (Å²) in [6.07, 6.45) is 1.72. The molecule has 0 atom stereocenters. The number of hydrogen-bond acceptors (Lipinski definition) is 5. The van der Waals surface area contributed by atoms with E-state index in [0.29, 0.717) is 5.56 Å². The standard InChI is InChI=1S/C14H14N2O2S2/c1-14(2,13-15-5-7-19-13)16-12(18)10-8-11(20-9-10)4-3-6-17/h5,7-9,17H,6H2,1-2H3,(H,16,18). The Morgan fingerprint density at radius 1 is 1.50 bits per heavy atom. The summed E-state index contributed by atoms with van der Waals surface area (Å²) in [5, 5.41) is 16.1. The van der Waals surface area contributed by atoms with Crippen molar-refractivity contribution in [3.05, 3.63) is 38.5 Å². The third-order valence-corrected chi connectivity index (χ3v) is 4.49. The molecule has 0 aliphatic carbocycles. The van der Waals surface area contributed by atoms with Crippen LogP contribution in [0.4, 0.5) is 0 Å². The SMILES string of the molecule is CC(C)(NC(=O)c1csc(C#CCO)c1)c1nccs1. The summed E-state index contributed by atoms with van der Waals surface area (Å²) in [7, 11) is 0. The fourth-order valence-corrected chi connectivity index (χ4v) is 3.06. The Labute approximate surface area is 125 Å². The predicted octanol–water partition coefficient (Wildman–Crippen LogP) is 2.21. The van der Waals surface area contributed by atoms with E-state index < -0.39 is 5.54 Å². The topological polar surface area (TPSA) is 62.2 Å². The highest BCUT2D eigenvalue weighted by molar-refractivity contribution is 7.10. The van der Waals surface area contributed by atoms with Gasteiger partial charge in [0.25, 0.3) is 5.91 Å². The summed E-state index contributed by atoms with van der Waals surface area (Å²) in [5.41, 5.74) is 0.0614. The van der Waals surface area contributed by atoms with E-state index in [-0.39, 0.29) is 12.5 Å². The van der Waals surface area contributed by atoms with Crippen molar-refractivity contribution in [2.45, 2.75) is 19.4 Å². The number of hydrogen-bond donors (Lipinski definition) is 2. The summed E-state index contributed by atoms with van der Waals surface area (Å²) in [5.74, 6) is 5.20. The van der Waals surface area contributed by atoms with E-state index in [4.69, 9.17) is 5.11 Å². The Bertz CT molecular complexity index is 648. The summed E-state index contributed by atoms with van der Waals surface area (Å²) in [6.45, 7) is 3.65. The molecule has 6 heteroatoms. The average Bonchev–Trinajstić information content (AvgIpc) is 3.07. The fourth-order valence-electron chi connectivity index (χ4n) is 1.59. The maximum absolute atomic E-state index is 12.2. The van der Waals surface area contributed by atoms with E-state index in [1.165, 1.54) is 22.7 Å². The first-order valence-electron chi connectivity index (χ1n) is 5.93. The van der Waals surface area contributed by atoms with Gasteiger partial charge in [-0.05, 0) is 19.9 Å². The Morgan fingerprint density at radius 2 is 2.30 bits per heavy atom. The highest BCUT2D eigenvalue weighted by Crippen LogP contribution is 2.23.